The molecule has 13 heavy (non-hydrogen) atoms. The third-order valence-corrected chi connectivity index (χ3v) is 3.88. The molecule has 0 aromatic carbocycles. The largest absolute Gasteiger partial charge is 0.412 e. The SMILES string of the molecule is C[N+]1(CCO[Si](C)(C)C)CCCC1. The first-order chi connectivity index (χ1) is 5.91. The molecule has 1 heterocycles. The van der Waals surface area contributed by atoms with Gasteiger partial charge in [-0.15, -0.1) is 0 Å². The molecule has 0 aromatic heterocycles. The van der Waals surface area contributed by atoms with Crippen LogP contribution in [-0.2, 0) is 4.43 Å². The molecular weight excluding hydrogens is 178 g/mol. The van der Waals surface area contributed by atoms with E-state index in [-0.39, 0.29) is 0 Å². The molecule has 0 bridgehead atoms. The zero-order valence-electron chi connectivity index (χ0n) is 9.60. The number of hydrogen-bond acceptors (Lipinski definition) is 1. The molecule has 1 aliphatic rings. The van der Waals surface area contributed by atoms with Crippen LogP contribution in [0, 0.1) is 0 Å². The molecule has 0 N–H and O–H groups in total. The van der Waals surface area contributed by atoms with E-state index in [1.165, 1.54) is 37.0 Å². The van der Waals surface area contributed by atoms with Crippen molar-refractivity contribution >= 4 is 8.32 Å². The Morgan fingerprint density at radius 3 is 2.15 bits per heavy atom. The van der Waals surface area contributed by atoms with Crippen LogP contribution in [-0.4, -0.2) is 46.1 Å². The second-order valence-corrected chi connectivity index (χ2v) is 9.97. The highest BCUT2D eigenvalue weighted by atomic mass is 28.4. The molecule has 1 aliphatic heterocycles. The number of quaternary nitrogens is 1. The zero-order chi connectivity index (χ0) is 9.95. The van der Waals surface area contributed by atoms with Gasteiger partial charge >= 0.3 is 0 Å². The molecule has 0 atom stereocenters. The van der Waals surface area contributed by atoms with E-state index in [4.69, 9.17) is 4.43 Å². The van der Waals surface area contributed by atoms with Crippen molar-refractivity contribution in [2.75, 3.05) is 33.3 Å². The van der Waals surface area contributed by atoms with E-state index in [2.05, 4.69) is 26.7 Å². The molecule has 0 unspecified atom stereocenters. The van der Waals surface area contributed by atoms with Crippen molar-refractivity contribution < 1.29 is 8.91 Å². The Morgan fingerprint density at radius 2 is 1.69 bits per heavy atom. The fourth-order valence-corrected chi connectivity index (χ4v) is 2.60. The van der Waals surface area contributed by atoms with Crippen LogP contribution in [0.2, 0.25) is 19.6 Å². The summed E-state index contributed by atoms with van der Waals surface area (Å²) in [4.78, 5) is 0. The molecule has 0 amide bonds. The average molecular weight is 202 g/mol. The third-order valence-electron chi connectivity index (χ3n) is 2.81. The molecule has 1 saturated heterocycles. The van der Waals surface area contributed by atoms with Gasteiger partial charge < -0.3 is 8.91 Å². The highest BCUT2D eigenvalue weighted by Gasteiger charge is 2.27. The lowest BCUT2D eigenvalue weighted by molar-refractivity contribution is -0.897. The van der Waals surface area contributed by atoms with Gasteiger partial charge in [0.15, 0.2) is 8.32 Å². The van der Waals surface area contributed by atoms with Crippen molar-refractivity contribution in [2.24, 2.45) is 0 Å². The highest BCUT2D eigenvalue weighted by molar-refractivity contribution is 6.69. The van der Waals surface area contributed by atoms with Crippen LogP contribution in [0.25, 0.3) is 0 Å². The van der Waals surface area contributed by atoms with Gasteiger partial charge in [0.1, 0.15) is 6.54 Å². The van der Waals surface area contributed by atoms with E-state index in [1.807, 2.05) is 0 Å². The molecule has 1 fully saturated rings. The van der Waals surface area contributed by atoms with Gasteiger partial charge in [0.25, 0.3) is 0 Å². The maximum atomic E-state index is 5.88. The van der Waals surface area contributed by atoms with Crippen molar-refractivity contribution in [3.05, 3.63) is 0 Å². The Kier molecular flexibility index (Phi) is 3.55. The lowest BCUT2D eigenvalue weighted by Gasteiger charge is -2.30. The van der Waals surface area contributed by atoms with Crippen LogP contribution in [0.4, 0.5) is 0 Å². The monoisotopic (exact) mass is 202 g/mol. The van der Waals surface area contributed by atoms with Crippen molar-refractivity contribution in [2.45, 2.75) is 32.5 Å². The summed E-state index contributed by atoms with van der Waals surface area (Å²) in [6, 6.07) is 0. The maximum Gasteiger partial charge on any atom is 0.184 e. The van der Waals surface area contributed by atoms with Gasteiger partial charge in [0, 0.05) is 12.8 Å². The van der Waals surface area contributed by atoms with Crippen LogP contribution < -0.4 is 0 Å². The second-order valence-electron chi connectivity index (χ2n) is 5.46. The summed E-state index contributed by atoms with van der Waals surface area (Å²) < 4.78 is 7.12. The number of hydrogen-bond donors (Lipinski definition) is 0. The molecule has 2 nitrogen and oxygen atoms in total. The predicted octanol–water partition coefficient (Wildman–Crippen LogP) is 2.08. The quantitative estimate of drug-likeness (QED) is 0.501. The first-order valence-electron chi connectivity index (χ1n) is 5.39. The lowest BCUT2D eigenvalue weighted by Crippen LogP contribution is -2.44. The maximum absolute atomic E-state index is 5.88. The van der Waals surface area contributed by atoms with Crippen LogP contribution in [0.3, 0.4) is 0 Å². The highest BCUT2D eigenvalue weighted by Crippen LogP contribution is 2.16. The predicted molar refractivity (Wildman–Crippen MR) is 59.3 cm³/mol. The summed E-state index contributed by atoms with van der Waals surface area (Å²) in [5.41, 5.74) is 0. The Bertz CT molecular complexity index is 159. The van der Waals surface area contributed by atoms with Gasteiger partial charge in [-0.2, -0.15) is 0 Å². The van der Waals surface area contributed by atoms with Gasteiger partial charge in [-0.3, -0.25) is 0 Å². The third kappa shape index (κ3) is 4.25. The summed E-state index contributed by atoms with van der Waals surface area (Å²) in [5, 5.41) is 0. The van der Waals surface area contributed by atoms with E-state index >= 15 is 0 Å². The van der Waals surface area contributed by atoms with Crippen molar-refractivity contribution in [1.29, 1.82) is 0 Å². The summed E-state index contributed by atoms with van der Waals surface area (Å²) in [7, 11) is 1.09. The Hall–Kier alpha value is 0.137. The van der Waals surface area contributed by atoms with Crippen LogP contribution in [0.15, 0.2) is 0 Å². The Morgan fingerprint density at radius 1 is 1.15 bits per heavy atom. The van der Waals surface area contributed by atoms with Gasteiger partial charge in [0.05, 0.1) is 26.7 Å². The Balaban J connectivity index is 2.18. The Labute approximate surface area is 83.6 Å². The minimum absolute atomic E-state index is 0.965. The molecule has 0 aliphatic carbocycles. The minimum Gasteiger partial charge on any atom is -0.412 e. The van der Waals surface area contributed by atoms with Gasteiger partial charge in [0.2, 0.25) is 0 Å². The minimum atomic E-state index is -1.27. The molecule has 1 rings (SSSR count). The van der Waals surface area contributed by atoms with Gasteiger partial charge in [-0.05, 0) is 19.6 Å². The number of likely N-dealkylation sites (N-methyl/N-ethyl adjacent to an activating group) is 1. The number of rotatable bonds is 4. The average Bonchev–Trinajstić information content (AvgIpc) is 2.33. The lowest BCUT2D eigenvalue weighted by atomic mass is 10.4. The summed E-state index contributed by atoms with van der Waals surface area (Å²) in [5.74, 6) is 0. The molecule has 0 spiro atoms. The smallest absolute Gasteiger partial charge is 0.184 e. The van der Waals surface area contributed by atoms with E-state index in [9.17, 15) is 0 Å². The van der Waals surface area contributed by atoms with Gasteiger partial charge in [-0.1, -0.05) is 0 Å². The van der Waals surface area contributed by atoms with Crippen molar-refractivity contribution in [3.8, 4) is 0 Å². The normalized spacial score (nSPS) is 22.2. The van der Waals surface area contributed by atoms with Crippen molar-refractivity contribution in [1.82, 2.24) is 0 Å². The topological polar surface area (TPSA) is 9.23 Å². The van der Waals surface area contributed by atoms with Crippen LogP contribution >= 0.6 is 0 Å². The second kappa shape index (κ2) is 4.11. The molecular formula is C10H24NOSi+. The fraction of sp³-hybridized carbons (Fsp3) is 1.00. The van der Waals surface area contributed by atoms with Crippen molar-refractivity contribution in [3.63, 3.8) is 0 Å². The van der Waals surface area contributed by atoms with Crippen LogP contribution in [0.5, 0.6) is 0 Å². The number of nitrogens with zero attached hydrogens (tertiary/aromatic N) is 1. The zero-order valence-corrected chi connectivity index (χ0v) is 10.6. The molecule has 78 valence electrons. The van der Waals surface area contributed by atoms with E-state index < -0.39 is 8.32 Å². The molecule has 0 aromatic rings. The standard InChI is InChI=1S/C10H24NOSi/c1-11(7-5-6-8-11)9-10-12-13(2,3)4/h5-10H2,1-4H3/q+1. The van der Waals surface area contributed by atoms with E-state index in [0.717, 1.165) is 6.61 Å². The summed E-state index contributed by atoms with van der Waals surface area (Å²) in [6.45, 7) is 11.7. The van der Waals surface area contributed by atoms with E-state index in [0.29, 0.717) is 0 Å². The van der Waals surface area contributed by atoms with E-state index in [1.54, 1.807) is 0 Å². The first-order valence-corrected chi connectivity index (χ1v) is 8.80. The number of likely N-dealkylation sites (tertiary alicyclic amines) is 1. The van der Waals surface area contributed by atoms with Gasteiger partial charge in [-0.25, -0.2) is 0 Å². The molecule has 0 saturated carbocycles. The first kappa shape index (κ1) is 11.2. The molecule has 0 radical (unpaired) electrons. The summed E-state index contributed by atoms with van der Waals surface area (Å²) >= 11 is 0. The molecule has 3 heteroatoms. The fourth-order valence-electron chi connectivity index (χ4n) is 1.89. The van der Waals surface area contributed by atoms with Crippen LogP contribution in [0.1, 0.15) is 12.8 Å². The summed E-state index contributed by atoms with van der Waals surface area (Å²) in [6.07, 6.45) is 2.81.